The molecule has 11 heteroatoms. The van der Waals surface area contributed by atoms with Crippen LogP contribution in [0.15, 0.2) is 12.2 Å². The summed E-state index contributed by atoms with van der Waals surface area (Å²) in [4.78, 5) is 42.3. The molecule has 150 valence electrons. The molecule has 0 amide bonds. The molecule has 2 bridgehead atoms. The molecule has 2 fully saturated rings. The van der Waals surface area contributed by atoms with Crippen LogP contribution in [0.2, 0.25) is 0 Å². The molecule has 0 aromatic rings. The van der Waals surface area contributed by atoms with Crippen molar-refractivity contribution < 1.29 is 60.7 Å². The molecule has 0 spiro atoms. The zero-order valence-electron chi connectivity index (χ0n) is 13.7. The molecule has 0 saturated heterocycles. The van der Waals surface area contributed by atoms with Crippen molar-refractivity contribution in [2.75, 3.05) is 0 Å². The zero-order chi connectivity index (χ0) is 17.4. The smallest absolute Gasteiger partial charge is 0.693 e. The van der Waals surface area contributed by atoms with E-state index in [1.165, 1.54) is 0 Å². The fourth-order valence-electron chi connectivity index (χ4n) is 3.55. The molecule has 4 atom stereocenters. The number of rotatable bonds is 4. The molecule has 2 saturated carbocycles. The average Bonchev–Trinajstić information content (AvgIpc) is 2.96. The predicted molar refractivity (Wildman–Crippen MR) is 85.1 cm³/mol. The molecule has 0 unspecified atom stereocenters. The van der Waals surface area contributed by atoms with Crippen LogP contribution in [-0.2, 0) is 40.2 Å². The van der Waals surface area contributed by atoms with E-state index >= 15 is 0 Å². The largest absolute Gasteiger partial charge is 2.00 e. The second-order valence-corrected chi connectivity index (χ2v) is 6.22. The summed E-state index contributed by atoms with van der Waals surface area (Å²) < 4.78 is 0. The van der Waals surface area contributed by atoms with E-state index in [1.807, 2.05) is 12.2 Å². The first-order valence-electron chi connectivity index (χ1n) is 7.31. The number of aliphatic carboxylic acids is 4. The molecule has 3 rings (SSSR count). The molecule has 8 N–H and O–H groups in total. The summed E-state index contributed by atoms with van der Waals surface area (Å²) in [6.07, 6.45) is 5.62. The van der Waals surface area contributed by atoms with E-state index in [2.05, 4.69) is 0 Å². The van der Waals surface area contributed by atoms with Crippen molar-refractivity contribution >= 4 is 23.9 Å². The fraction of sp³-hybridized carbons (Fsp3) is 0.600. The van der Waals surface area contributed by atoms with Gasteiger partial charge < -0.3 is 32.7 Å². The van der Waals surface area contributed by atoms with Crippen LogP contribution in [-0.4, -0.2) is 44.3 Å². The maximum absolute atomic E-state index is 10.8. The second-order valence-electron chi connectivity index (χ2n) is 6.22. The molecule has 26 heavy (non-hydrogen) atoms. The Morgan fingerprint density at radius 2 is 1.12 bits per heavy atom. The minimum absolute atomic E-state index is 0. The van der Waals surface area contributed by atoms with Crippen molar-refractivity contribution in [1.29, 1.82) is 0 Å². The van der Waals surface area contributed by atoms with Crippen LogP contribution < -0.4 is 0 Å². The maximum Gasteiger partial charge on any atom is 2.00 e. The number of hydrogen-bond donors (Lipinski definition) is 4. The van der Waals surface area contributed by atoms with Crippen LogP contribution in [0.5, 0.6) is 0 Å². The number of hydrogen-bond acceptors (Lipinski definition) is 4. The van der Waals surface area contributed by atoms with Gasteiger partial charge >= 0.3 is 44.9 Å². The van der Waals surface area contributed by atoms with E-state index in [0.29, 0.717) is 12.8 Å². The quantitative estimate of drug-likeness (QED) is 0.298. The van der Waals surface area contributed by atoms with E-state index < -0.39 is 41.1 Å². The van der Waals surface area contributed by atoms with E-state index in [0.717, 1.165) is 0 Å². The molecule has 3 aliphatic carbocycles. The summed E-state index contributed by atoms with van der Waals surface area (Å²) in [7, 11) is 0. The zero-order valence-corrected chi connectivity index (χ0v) is 16.0. The summed E-state index contributed by atoms with van der Waals surface area (Å²) >= 11 is 0. The van der Waals surface area contributed by atoms with Crippen molar-refractivity contribution in [2.45, 2.75) is 25.7 Å². The summed E-state index contributed by atoms with van der Waals surface area (Å²) in [6, 6.07) is 0. The van der Waals surface area contributed by atoms with Gasteiger partial charge in [-0.3, -0.25) is 19.2 Å². The van der Waals surface area contributed by atoms with Crippen LogP contribution in [0.3, 0.4) is 0 Å². The molecule has 0 aromatic heterocycles. The van der Waals surface area contributed by atoms with Crippen molar-refractivity contribution in [3.8, 4) is 0 Å². The number of carbonyl (C=O) groups is 4. The van der Waals surface area contributed by atoms with Crippen molar-refractivity contribution in [3.63, 3.8) is 0 Å². The van der Waals surface area contributed by atoms with Gasteiger partial charge in [-0.05, 0) is 37.5 Å². The normalized spacial score (nSPS) is 28.6. The third-order valence-electron chi connectivity index (χ3n) is 5.06. The Hall–Kier alpha value is -1.77. The Bertz CT molecular complexity index is 546. The van der Waals surface area contributed by atoms with E-state index in [1.54, 1.807) is 0 Å². The van der Waals surface area contributed by atoms with Gasteiger partial charge in [-0.15, -0.1) is 0 Å². The van der Waals surface area contributed by atoms with Gasteiger partial charge in [0, 0.05) is 0 Å². The molecular formula is C15H22N2O8Pt. The van der Waals surface area contributed by atoms with Gasteiger partial charge in [0.2, 0.25) is 0 Å². The molecule has 3 aliphatic rings. The molecule has 0 aliphatic heterocycles. The van der Waals surface area contributed by atoms with E-state index in [-0.39, 0.29) is 58.0 Å². The topological polar surface area (TPSA) is 216 Å². The van der Waals surface area contributed by atoms with Gasteiger partial charge in [0.1, 0.15) is 0 Å². The van der Waals surface area contributed by atoms with Gasteiger partial charge in [0.15, 0.2) is 5.41 Å². The van der Waals surface area contributed by atoms with Crippen molar-refractivity contribution in [2.24, 2.45) is 29.1 Å². The Morgan fingerprint density at radius 1 is 0.769 bits per heavy atom. The Balaban J connectivity index is 0. The number of carboxylic acids is 4. The fourth-order valence-corrected chi connectivity index (χ4v) is 3.55. The maximum atomic E-state index is 10.8. The van der Waals surface area contributed by atoms with Gasteiger partial charge in [0.05, 0.1) is 11.8 Å². The van der Waals surface area contributed by atoms with E-state index in [4.69, 9.17) is 20.4 Å². The van der Waals surface area contributed by atoms with Crippen LogP contribution in [0, 0.1) is 29.1 Å². The molecule has 10 nitrogen and oxygen atoms in total. The molecule has 0 aromatic carbocycles. The van der Waals surface area contributed by atoms with Crippen molar-refractivity contribution in [1.82, 2.24) is 0 Å². The van der Waals surface area contributed by atoms with Crippen LogP contribution in [0.25, 0.3) is 12.3 Å². The SMILES string of the molecule is O=C(O)C1(C(=O)O)CCC1.O=C(O)[C@H]1[C@H](C(=O)O)[C@@H]2C=C[C@@H]1C2.[NH2-].[NH2-].[Pt+2]. The number of carboxylic acid groups (broad SMARTS) is 4. The van der Waals surface area contributed by atoms with Crippen LogP contribution in [0.1, 0.15) is 25.7 Å². The Morgan fingerprint density at radius 3 is 1.27 bits per heavy atom. The first kappa shape index (κ1) is 26.5. The monoisotopic (exact) mass is 553 g/mol. The number of nitrogens with two attached hydrogens (primary N) is 2. The minimum Gasteiger partial charge on any atom is -0.693 e. The summed E-state index contributed by atoms with van der Waals surface area (Å²) in [5.74, 6) is -5.93. The Kier molecular flexibility index (Phi) is 9.97. The molecular weight excluding hydrogens is 531 g/mol. The molecule has 0 heterocycles. The third-order valence-corrected chi connectivity index (χ3v) is 5.06. The first-order valence-corrected chi connectivity index (χ1v) is 7.31. The van der Waals surface area contributed by atoms with Crippen molar-refractivity contribution in [3.05, 3.63) is 24.5 Å². The second kappa shape index (κ2) is 9.80. The van der Waals surface area contributed by atoms with E-state index in [9.17, 15) is 19.2 Å². The van der Waals surface area contributed by atoms with Gasteiger partial charge in [-0.1, -0.05) is 12.2 Å². The first-order chi connectivity index (χ1) is 10.7. The van der Waals surface area contributed by atoms with Gasteiger partial charge in [-0.25, -0.2) is 0 Å². The third kappa shape index (κ3) is 4.49. The number of allylic oxidation sites excluding steroid dienone is 2. The standard InChI is InChI=1S/C9H10O4.C6H8O4.2H2N.Pt/c10-8(11)6-4-1-2-5(3-4)7(6)9(12)13;7-4(8)6(5(9)10)2-1-3-6;;;/h1-2,4-7H,3H2,(H,10,11)(H,12,13);1-3H2,(H,7,8)(H,9,10);2*1H2;/q;;2*-1;+2/t4-,5-,6-,7-;;;;/m1..../s1. The minimum atomic E-state index is -1.44. The van der Waals surface area contributed by atoms with Gasteiger partial charge in [0.25, 0.3) is 0 Å². The van der Waals surface area contributed by atoms with Crippen LogP contribution in [0.4, 0.5) is 0 Å². The van der Waals surface area contributed by atoms with Crippen LogP contribution >= 0.6 is 0 Å². The average molecular weight is 553 g/mol. The van der Waals surface area contributed by atoms with Gasteiger partial charge in [-0.2, -0.15) is 0 Å². The summed E-state index contributed by atoms with van der Waals surface area (Å²) in [5, 5.41) is 34.7. The molecule has 0 radical (unpaired) electrons. The Labute approximate surface area is 164 Å². The predicted octanol–water partition coefficient (Wildman–Crippen LogP) is 2.35. The summed E-state index contributed by atoms with van der Waals surface area (Å²) in [6.45, 7) is 0. The number of fused-ring (bicyclic) bond motifs is 2. The summed E-state index contributed by atoms with van der Waals surface area (Å²) in [5.41, 5.74) is -1.44.